The van der Waals surface area contributed by atoms with Gasteiger partial charge in [0.2, 0.25) is 0 Å². The van der Waals surface area contributed by atoms with Gasteiger partial charge in [0.05, 0.1) is 3.79 Å². The number of likely N-dealkylation sites (tertiary alicyclic amines) is 1. The summed E-state index contributed by atoms with van der Waals surface area (Å²) in [6, 6.07) is 2.85. The van der Waals surface area contributed by atoms with Crippen LogP contribution in [0.1, 0.15) is 37.8 Å². The zero-order valence-corrected chi connectivity index (χ0v) is 10.9. The third kappa shape index (κ3) is 2.38. The van der Waals surface area contributed by atoms with E-state index in [4.69, 9.17) is 0 Å². The normalized spacial score (nSPS) is 21.0. The summed E-state index contributed by atoms with van der Waals surface area (Å²) in [6.45, 7) is 4.86. The molecule has 1 atom stereocenters. The minimum Gasteiger partial charge on any atom is -0.297 e. The zero-order valence-electron chi connectivity index (χ0n) is 8.50. The summed E-state index contributed by atoms with van der Waals surface area (Å²) in [7, 11) is 0. The highest BCUT2D eigenvalue weighted by molar-refractivity contribution is 9.11. The lowest BCUT2D eigenvalue weighted by Crippen LogP contribution is -2.32. The Bertz CT molecular complexity index is 291. The average molecular weight is 274 g/mol. The Balaban J connectivity index is 2.03. The first-order valence-electron chi connectivity index (χ1n) is 5.25. The summed E-state index contributed by atoms with van der Waals surface area (Å²) in [6.07, 6.45) is 4.15. The smallest absolute Gasteiger partial charge is 0.0701 e. The van der Waals surface area contributed by atoms with Crippen molar-refractivity contribution in [3.63, 3.8) is 0 Å². The molecule has 1 aliphatic rings. The van der Waals surface area contributed by atoms with Crippen LogP contribution in [0.5, 0.6) is 0 Å². The molecule has 1 saturated heterocycles. The first-order chi connectivity index (χ1) is 6.77. The number of halogens is 1. The Hall–Kier alpha value is 0.140. The molecule has 0 amide bonds. The topological polar surface area (TPSA) is 3.24 Å². The molecule has 2 heterocycles. The lowest BCUT2D eigenvalue weighted by molar-refractivity contribution is 0.175. The summed E-state index contributed by atoms with van der Waals surface area (Å²) < 4.78 is 1.25. The lowest BCUT2D eigenvalue weighted by atomic mass is 10.1. The van der Waals surface area contributed by atoms with E-state index in [0.717, 1.165) is 0 Å². The Morgan fingerprint density at radius 1 is 1.36 bits per heavy atom. The van der Waals surface area contributed by atoms with Crippen molar-refractivity contribution in [1.82, 2.24) is 4.90 Å². The Labute approximate surface area is 98.2 Å². The molecule has 0 radical (unpaired) electrons. The lowest BCUT2D eigenvalue weighted by Gasteiger charge is -2.31. The van der Waals surface area contributed by atoms with Gasteiger partial charge in [-0.15, -0.1) is 11.3 Å². The standard InChI is InChI=1S/C11H16BrNS/c1-9(10-7-11(12)14-8-10)13-5-3-2-4-6-13/h7-9H,2-6H2,1H3. The summed E-state index contributed by atoms with van der Waals surface area (Å²) in [5, 5.41) is 2.27. The summed E-state index contributed by atoms with van der Waals surface area (Å²) in [5.41, 5.74) is 1.46. The number of nitrogens with zero attached hydrogens (tertiary/aromatic N) is 1. The molecular formula is C11H16BrNS. The van der Waals surface area contributed by atoms with Crippen molar-refractivity contribution in [2.75, 3.05) is 13.1 Å². The monoisotopic (exact) mass is 273 g/mol. The van der Waals surface area contributed by atoms with E-state index >= 15 is 0 Å². The van der Waals surface area contributed by atoms with E-state index in [0.29, 0.717) is 6.04 Å². The number of thiophene rings is 1. The van der Waals surface area contributed by atoms with E-state index in [1.165, 1.54) is 41.7 Å². The Morgan fingerprint density at radius 3 is 2.64 bits per heavy atom. The quantitative estimate of drug-likeness (QED) is 0.786. The highest BCUT2D eigenvalue weighted by atomic mass is 79.9. The summed E-state index contributed by atoms with van der Waals surface area (Å²) >= 11 is 5.31. The molecule has 0 saturated carbocycles. The fourth-order valence-electron chi connectivity index (χ4n) is 2.06. The fraction of sp³-hybridized carbons (Fsp3) is 0.636. The minimum absolute atomic E-state index is 0.595. The van der Waals surface area contributed by atoms with Gasteiger partial charge in [0.15, 0.2) is 0 Å². The molecule has 1 unspecified atom stereocenters. The van der Waals surface area contributed by atoms with Gasteiger partial charge in [-0.3, -0.25) is 4.90 Å². The number of rotatable bonds is 2. The average Bonchev–Trinajstić information content (AvgIpc) is 2.65. The molecule has 1 nitrogen and oxygen atoms in total. The second kappa shape index (κ2) is 4.77. The molecule has 78 valence electrons. The summed E-state index contributed by atoms with van der Waals surface area (Å²) in [5.74, 6) is 0. The van der Waals surface area contributed by atoms with Crippen molar-refractivity contribution < 1.29 is 0 Å². The molecule has 0 spiro atoms. The molecule has 0 aliphatic carbocycles. The van der Waals surface area contributed by atoms with Crippen LogP contribution < -0.4 is 0 Å². The second-order valence-corrected chi connectivity index (χ2v) is 6.25. The fourth-order valence-corrected chi connectivity index (χ4v) is 3.32. The maximum atomic E-state index is 3.52. The molecule has 2 rings (SSSR count). The molecule has 14 heavy (non-hydrogen) atoms. The van der Waals surface area contributed by atoms with E-state index in [9.17, 15) is 0 Å². The molecule has 3 heteroatoms. The summed E-state index contributed by atoms with van der Waals surface area (Å²) in [4.78, 5) is 2.60. The maximum absolute atomic E-state index is 3.52. The van der Waals surface area contributed by atoms with Gasteiger partial charge in [0.25, 0.3) is 0 Å². The van der Waals surface area contributed by atoms with Crippen molar-refractivity contribution in [1.29, 1.82) is 0 Å². The first kappa shape index (κ1) is 10.7. The van der Waals surface area contributed by atoms with Crippen molar-refractivity contribution in [3.8, 4) is 0 Å². The van der Waals surface area contributed by atoms with Crippen LogP contribution in [0.3, 0.4) is 0 Å². The van der Waals surface area contributed by atoms with E-state index in [2.05, 4.69) is 39.2 Å². The van der Waals surface area contributed by atoms with Gasteiger partial charge in [-0.25, -0.2) is 0 Å². The Kier molecular flexibility index (Phi) is 3.63. The molecule has 0 aromatic carbocycles. The van der Waals surface area contributed by atoms with E-state index in [-0.39, 0.29) is 0 Å². The molecule has 1 fully saturated rings. The van der Waals surface area contributed by atoms with Crippen molar-refractivity contribution in [3.05, 3.63) is 20.8 Å². The third-order valence-electron chi connectivity index (χ3n) is 3.01. The van der Waals surface area contributed by atoms with Crippen molar-refractivity contribution >= 4 is 27.3 Å². The van der Waals surface area contributed by atoms with Crippen LogP contribution in [0.2, 0.25) is 0 Å². The van der Waals surface area contributed by atoms with Crippen LogP contribution >= 0.6 is 27.3 Å². The highest BCUT2D eigenvalue weighted by Crippen LogP contribution is 2.29. The van der Waals surface area contributed by atoms with E-state index < -0.39 is 0 Å². The first-order valence-corrected chi connectivity index (χ1v) is 6.92. The van der Waals surface area contributed by atoms with Gasteiger partial charge in [0, 0.05) is 6.04 Å². The predicted molar refractivity (Wildman–Crippen MR) is 65.9 cm³/mol. The molecule has 1 aromatic rings. The maximum Gasteiger partial charge on any atom is 0.0701 e. The third-order valence-corrected chi connectivity index (χ3v) is 4.53. The minimum atomic E-state index is 0.595. The van der Waals surface area contributed by atoms with Crippen LogP contribution in [0, 0.1) is 0 Å². The van der Waals surface area contributed by atoms with Gasteiger partial charge in [-0.05, 0) is 65.8 Å². The highest BCUT2D eigenvalue weighted by Gasteiger charge is 2.18. The largest absolute Gasteiger partial charge is 0.297 e. The molecule has 1 aromatic heterocycles. The zero-order chi connectivity index (χ0) is 9.97. The predicted octanol–water partition coefficient (Wildman–Crippen LogP) is 4.06. The van der Waals surface area contributed by atoms with Gasteiger partial charge in [-0.1, -0.05) is 6.42 Å². The Morgan fingerprint density at radius 2 is 2.07 bits per heavy atom. The van der Waals surface area contributed by atoms with Crippen molar-refractivity contribution in [2.45, 2.75) is 32.2 Å². The van der Waals surface area contributed by atoms with Crippen LogP contribution in [-0.2, 0) is 0 Å². The second-order valence-electron chi connectivity index (χ2n) is 3.96. The molecule has 0 N–H and O–H groups in total. The van der Waals surface area contributed by atoms with E-state index in [1.54, 1.807) is 11.3 Å². The van der Waals surface area contributed by atoms with Crippen LogP contribution in [0.15, 0.2) is 15.2 Å². The number of piperidine rings is 1. The van der Waals surface area contributed by atoms with Gasteiger partial charge in [0.1, 0.15) is 0 Å². The van der Waals surface area contributed by atoms with Crippen molar-refractivity contribution in [2.24, 2.45) is 0 Å². The number of hydrogen-bond acceptors (Lipinski definition) is 2. The van der Waals surface area contributed by atoms with E-state index in [1.807, 2.05) is 0 Å². The SMILES string of the molecule is CC(c1csc(Br)c1)N1CCCCC1. The van der Waals surface area contributed by atoms with Crippen LogP contribution in [0.25, 0.3) is 0 Å². The molecular weight excluding hydrogens is 258 g/mol. The van der Waals surface area contributed by atoms with Gasteiger partial charge in [-0.2, -0.15) is 0 Å². The number of hydrogen-bond donors (Lipinski definition) is 0. The van der Waals surface area contributed by atoms with Crippen LogP contribution in [0.4, 0.5) is 0 Å². The molecule has 0 bridgehead atoms. The molecule has 1 aliphatic heterocycles. The van der Waals surface area contributed by atoms with Crippen LogP contribution in [-0.4, -0.2) is 18.0 Å². The van der Waals surface area contributed by atoms with Gasteiger partial charge >= 0.3 is 0 Å². The van der Waals surface area contributed by atoms with Gasteiger partial charge < -0.3 is 0 Å².